The van der Waals surface area contributed by atoms with Gasteiger partial charge < -0.3 is 10.6 Å². The molecule has 0 amide bonds. The Balaban J connectivity index is 0.00000242. The monoisotopic (exact) mass is 444 g/mol. The molecule has 2 saturated carbocycles. The quantitative estimate of drug-likeness (QED) is 0.299. The first-order chi connectivity index (χ1) is 10.00. The van der Waals surface area contributed by atoms with Crippen LogP contribution in [0.15, 0.2) is 4.99 Å². The highest BCUT2D eigenvalue weighted by Crippen LogP contribution is 2.28. The summed E-state index contributed by atoms with van der Waals surface area (Å²) in [6, 6.07) is 0.483. The summed E-state index contributed by atoms with van der Waals surface area (Å²) >= 11 is 0. The summed E-state index contributed by atoms with van der Waals surface area (Å²) in [7, 11) is -3.20. The van der Waals surface area contributed by atoms with E-state index in [-0.39, 0.29) is 36.3 Å². The van der Waals surface area contributed by atoms with Crippen LogP contribution in [0.3, 0.4) is 0 Å². The van der Waals surface area contributed by atoms with Gasteiger partial charge in [0.1, 0.15) is 0 Å². The van der Waals surface area contributed by atoms with Gasteiger partial charge in [-0.25, -0.2) is 13.1 Å². The van der Waals surface area contributed by atoms with Crippen LogP contribution in [0.1, 0.15) is 39.5 Å². The van der Waals surface area contributed by atoms with Gasteiger partial charge in [-0.05, 0) is 38.0 Å². The molecule has 0 aromatic rings. The first-order valence-electron chi connectivity index (χ1n) is 8.02. The first kappa shape index (κ1) is 20.0. The molecular formula is C14H29IN4O2S. The van der Waals surface area contributed by atoms with Crippen LogP contribution in [0.2, 0.25) is 0 Å². The Labute approximate surface area is 151 Å². The van der Waals surface area contributed by atoms with Crippen molar-refractivity contribution >= 4 is 40.0 Å². The fourth-order valence-electron chi connectivity index (χ4n) is 2.31. The Kier molecular flexibility index (Phi) is 8.40. The van der Waals surface area contributed by atoms with Gasteiger partial charge in [-0.1, -0.05) is 13.3 Å². The van der Waals surface area contributed by atoms with E-state index in [0.29, 0.717) is 24.4 Å². The molecule has 0 heterocycles. The molecule has 22 heavy (non-hydrogen) atoms. The lowest BCUT2D eigenvalue weighted by molar-refractivity contribution is 0.316. The Morgan fingerprint density at radius 3 is 2.50 bits per heavy atom. The number of hydrogen-bond acceptors (Lipinski definition) is 3. The zero-order chi connectivity index (χ0) is 15.3. The molecule has 0 aromatic heterocycles. The molecule has 0 spiro atoms. The smallest absolute Gasteiger partial charge is 0.213 e. The summed E-state index contributed by atoms with van der Waals surface area (Å²) in [4.78, 5) is 4.35. The molecule has 0 bridgehead atoms. The van der Waals surface area contributed by atoms with E-state index in [1.54, 1.807) is 0 Å². The minimum absolute atomic E-state index is 0. The number of nitrogens with zero attached hydrogens (tertiary/aromatic N) is 1. The summed E-state index contributed by atoms with van der Waals surface area (Å²) in [6.45, 7) is 5.85. The number of aliphatic imine (C=N–C) groups is 1. The highest BCUT2D eigenvalue weighted by molar-refractivity contribution is 14.0. The van der Waals surface area contributed by atoms with E-state index in [4.69, 9.17) is 0 Å². The second-order valence-electron chi connectivity index (χ2n) is 6.19. The van der Waals surface area contributed by atoms with Crippen molar-refractivity contribution in [1.82, 2.24) is 15.4 Å². The fraction of sp³-hybridized carbons (Fsp3) is 0.929. The molecule has 2 rings (SSSR count). The second kappa shape index (κ2) is 9.27. The van der Waals surface area contributed by atoms with Gasteiger partial charge in [-0.2, -0.15) is 0 Å². The molecule has 0 radical (unpaired) electrons. The van der Waals surface area contributed by atoms with Crippen molar-refractivity contribution in [2.75, 3.05) is 25.4 Å². The third kappa shape index (κ3) is 6.99. The summed E-state index contributed by atoms with van der Waals surface area (Å²) in [5, 5.41) is 6.47. The van der Waals surface area contributed by atoms with Crippen LogP contribution in [-0.4, -0.2) is 45.8 Å². The lowest BCUT2D eigenvalue weighted by Gasteiger charge is -2.25. The van der Waals surface area contributed by atoms with E-state index in [1.165, 1.54) is 6.42 Å². The summed E-state index contributed by atoms with van der Waals surface area (Å²) in [6.07, 6.45) is 4.68. The molecule has 2 unspecified atom stereocenters. The third-order valence-corrected chi connectivity index (χ3v) is 5.55. The van der Waals surface area contributed by atoms with Crippen LogP contribution in [0.4, 0.5) is 0 Å². The van der Waals surface area contributed by atoms with Crippen molar-refractivity contribution < 1.29 is 8.42 Å². The molecule has 2 aliphatic rings. The van der Waals surface area contributed by atoms with Gasteiger partial charge in [0.2, 0.25) is 10.0 Å². The van der Waals surface area contributed by atoms with Crippen molar-refractivity contribution in [2.24, 2.45) is 16.8 Å². The van der Waals surface area contributed by atoms with Crippen LogP contribution >= 0.6 is 24.0 Å². The second-order valence-corrected chi connectivity index (χ2v) is 8.12. The van der Waals surface area contributed by atoms with Gasteiger partial charge in [0.05, 0.1) is 12.3 Å². The Bertz CT molecular complexity index is 465. The van der Waals surface area contributed by atoms with Gasteiger partial charge in [-0.15, -0.1) is 24.0 Å². The van der Waals surface area contributed by atoms with Crippen molar-refractivity contribution in [3.63, 3.8) is 0 Å². The number of nitrogens with one attached hydrogen (secondary N) is 3. The average molecular weight is 444 g/mol. The van der Waals surface area contributed by atoms with Crippen LogP contribution in [0.25, 0.3) is 0 Å². The molecule has 2 aliphatic carbocycles. The van der Waals surface area contributed by atoms with E-state index in [2.05, 4.69) is 27.3 Å². The molecule has 3 N–H and O–H groups in total. The number of halogens is 1. The van der Waals surface area contributed by atoms with Crippen molar-refractivity contribution in [1.29, 1.82) is 0 Å². The third-order valence-electron chi connectivity index (χ3n) is 4.22. The Hall–Kier alpha value is -0.0900. The lowest BCUT2D eigenvalue weighted by Crippen LogP contribution is -2.40. The molecule has 130 valence electrons. The van der Waals surface area contributed by atoms with E-state index < -0.39 is 10.0 Å². The first-order valence-corrected chi connectivity index (χ1v) is 9.67. The fourth-order valence-corrected chi connectivity index (χ4v) is 3.28. The van der Waals surface area contributed by atoms with Crippen LogP contribution in [0, 0.1) is 11.8 Å². The Morgan fingerprint density at radius 2 is 2.00 bits per heavy atom. The normalized spacial score (nSPS) is 25.1. The van der Waals surface area contributed by atoms with E-state index >= 15 is 0 Å². The van der Waals surface area contributed by atoms with E-state index in [1.807, 2.05) is 6.92 Å². The highest BCUT2D eigenvalue weighted by Gasteiger charge is 2.33. The molecule has 0 aliphatic heterocycles. The van der Waals surface area contributed by atoms with Crippen LogP contribution in [0.5, 0.6) is 0 Å². The average Bonchev–Trinajstić information content (AvgIpc) is 3.02. The predicted molar refractivity (Wildman–Crippen MR) is 101 cm³/mol. The summed E-state index contributed by atoms with van der Waals surface area (Å²) < 4.78 is 26.4. The number of hydrogen-bond donors (Lipinski definition) is 3. The van der Waals surface area contributed by atoms with Gasteiger partial charge in [-0.3, -0.25) is 4.99 Å². The Morgan fingerprint density at radius 1 is 1.32 bits per heavy atom. The zero-order valence-electron chi connectivity index (χ0n) is 13.5. The van der Waals surface area contributed by atoms with Crippen molar-refractivity contribution in [2.45, 2.75) is 45.6 Å². The SMILES string of the molecule is CCNC(=NCCS(=O)(=O)NCC1CCC1)NC1CC1C.I. The molecule has 8 heteroatoms. The molecule has 6 nitrogen and oxygen atoms in total. The van der Waals surface area contributed by atoms with Gasteiger partial charge in [0.25, 0.3) is 0 Å². The van der Waals surface area contributed by atoms with Gasteiger partial charge in [0.15, 0.2) is 5.96 Å². The maximum Gasteiger partial charge on any atom is 0.213 e. The number of rotatable bonds is 8. The molecule has 2 fully saturated rings. The molecule has 0 saturated heterocycles. The van der Waals surface area contributed by atoms with E-state index in [0.717, 1.165) is 31.8 Å². The van der Waals surface area contributed by atoms with E-state index in [9.17, 15) is 8.42 Å². The standard InChI is InChI=1S/C14H28N4O2S.HI/c1-3-15-14(18-13-9-11(13)2)16-7-8-21(19,20)17-10-12-5-4-6-12;/h11-13,17H,3-10H2,1-2H3,(H2,15,16,18);1H. The maximum atomic E-state index is 11.9. The topological polar surface area (TPSA) is 82.6 Å². The zero-order valence-corrected chi connectivity index (χ0v) is 16.6. The van der Waals surface area contributed by atoms with Crippen LogP contribution in [-0.2, 0) is 10.0 Å². The summed E-state index contributed by atoms with van der Waals surface area (Å²) in [5.74, 6) is 2.00. The minimum atomic E-state index is -3.20. The largest absolute Gasteiger partial charge is 0.357 e. The van der Waals surface area contributed by atoms with Crippen LogP contribution < -0.4 is 15.4 Å². The van der Waals surface area contributed by atoms with Crippen molar-refractivity contribution in [3.8, 4) is 0 Å². The van der Waals surface area contributed by atoms with Gasteiger partial charge >= 0.3 is 0 Å². The highest BCUT2D eigenvalue weighted by atomic mass is 127. The minimum Gasteiger partial charge on any atom is -0.357 e. The maximum absolute atomic E-state index is 11.9. The van der Waals surface area contributed by atoms with Gasteiger partial charge in [0, 0.05) is 19.1 Å². The number of sulfonamides is 1. The molecular weight excluding hydrogens is 415 g/mol. The number of guanidine groups is 1. The predicted octanol–water partition coefficient (Wildman–Crippen LogP) is 1.29. The molecule has 2 atom stereocenters. The van der Waals surface area contributed by atoms with Crippen molar-refractivity contribution in [3.05, 3.63) is 0 Å². The summed E-state index contributed by atoms with van der Waals surface area (Å²) in [5.41, 5.74) is 0. The molecule has 0 aromatic carbocycles. The lowest BCUT2D eigenvalue weighted by atomic mass is 9.86.